The number of ether oxygens (including phenoxy) is 2. The average molecular weight is 498 g/mol. The maximum atomic E-state index is 13.7. The minimum absolute atomic E-state index is 0.224. The van der Waals surface area contributed by atoms with Crippen molar-refractivity contribution in [3.05, 3.63) is 96.1 Å². The standard InChI is InChI=1S/C24H23N3O5S2/c1-31-23(28)22-21(17-10-4-2-5-11-17)25-24(32-22,18-12-6-3-7-13-18)26-34(29,30)27-16-33-20-15-9-8-14-19(20)27/h2-15,21-22,25-26H,16H2,1H3/t21-,22+,24+/m0/s1. The SMILES string of the molecule is COC(=O)[C@@H]1O[C@](NS(=O)(=O)N2CSc3ccccc32)(c2ccccc2)N[C@H]1c1ccccc1. The molecule has 0 spiro atoms. The van der Waals surface area contributed by atoms with Crippen LogP contribution in [0.4, 0.5) is 5.69 Å². The molecule has 5 rings (SSSR count). The van der Waals surface area contributed by atoms with Gasteiger partial charge in [0.15, 0.2) is 6.10 Å². The number of fused-ring (bicyclic) bond motifs is 1. The van der Waals surface area contributed by atoms with E-state index in [2.05, 4.69) is 10.0 Å². The molecule has 176 valence electrons. The molecule has 0 bridgehead atoms. The summed E-state index contributed by atoms with van der Waals surface area (Å²) in [7, 11) is -2.83. The molecule has 2 aliphatic rings. The van der Waals surface area contributed by atoms with Gasteiger partial charge >= 0.3 is 16.2 Å². The number of hydrogen-bond acceptors (Lipinski definition) is 7. The number of rotatable bonds is 6. The van der Waals surface area contributed by atoms with E-state index in [0.717, 1.165) is 10.5 Å². The van der Waals surface area contributed by atoms with E-state index in [0.29, 0.717) is 11.3 Å². The number of thioether (sulfide) groups is 1. The summed E-state index contributed by atoms with van der Waals surface area (Å²) in [6, 6.07) is 24.8. The number of para-hydroxylation sites is 1. The van der Waals surface area contributed by atoms with Gasteiger partial charge in [-0.15, -0.1) is 16.5 Å². The van der Waals surface area contributed by atoms with Gasteiger partial charge in [0.1, 0.15) is 0 Å². The quantitative estimate of drug-likeness (QED) is 0.505. The zero-order chi connectivity index (χ0) is 23.8. The first-order valence-electron chi connectivity index (χ1n) is 10.6. The van der Waals surface area contributed by atoms with Crippen LogP contribution in [0.3, 0.4) is 0 Å². The number of carbonyl (C=O) groups excluding carboxylic acids is 1. The Kier molecular flexibility index (Phi) is 6.09. The molecule has 8 nitrogen and oxygen atoms in total. The van der Waals surface area contributed by atoms with Gasteiger partial charge in [0, 0.05) is 10.5 Å². The van der Waals surface area contributed by atoms with Crippen LogP contribution in [0.25, 0.3) is 0 Å². The number of benzene rings is 3. The molecule has 2 N–H and O–H groups in total. The van der Waals surface area contributed by atoms with Crippen molar-refractivity contribution in [3.8, 4) is 0 Å². The second-order valence-electron chi connectivity index (χ2n) is 7.84. The van der Waals surface area contributed by atoms with Crippen LogP contribution in [0.2, 0.25) is 0 Å². The molecule has 2 heterocycles. The highest BCUT2D eigenvalue weighted by Gasteiger charge is 2.54. The molecule has 0 radical (unpaired) electrons. The lowest BCUT2D eigenvalue weighted by atomic mass is 10.0. The Labute approximate surface area is 202 Å². The Hall–Kier alpha value is -2.89. The summed E-state index contributed by atoms with van der Waals surface area (Å²) >= 11 is 1.43. The maximum Gasteiger partial charge on any atom is 0.337 e. The molecule has 0 unspecified atom stereocenters. The molecule has 0 saturated carbocycles. The molecule has 1 saturated heterocycles. The Morgan fingerprint density at radius 1 is 1.06 bits per heavy atom. The van der Waals surface area contributed by atoms with Gasteiger partial charge in [0.05, 0.1) is 24.7 Å². The second kappa shape index (κ2) is 9.05. The van der Waals surface area contributed by atoms with Crippen molar-refractivity contribution in [2.75, 3.05) is 17.3 Å². The predicted molar refractivity (Wildman–Crippen MR) is 129 cm³/mol. The molecule has 10 heteroatoms. The first kappa shape index (κ1) is 22.9. The van der Waals surface area contributed by atoms with Gasteiger partial charge in [-0.2, -0.15) is 8.42 Å². The number of esters is 1. The van der Waals surface area contributed by atoms with Crippen LogP contribution in [-0.4, -0.2) is 33.5 Å². The van der Waals surface area contributed by atoms with E-state index in [9.17, 15) is 13.2 Å². The summed E-state index contributed by atoms with van der Waals surface area (Å²) in [5.74, 6) is -2.09. The van der Waals surface area contributed by atoms with Crippen LogP contribution in [0.5, 0.6) is 0 Å². The van der Waals surface area contributed by atoms with Crippen LogP contribution in [0.15, 0.2) is 89.8 Å². The van der Waals surface area contributed by atoms with Crippen molar-refractivity contribution >= 4 is 33.6 Å². The Bertz CT molecular complexity index is 1290. The van der Waals surface area contributed by atoms with Gasteiger partial charge < -0.3 is 9.47 Å². The van der Waals surface area contributed by atoms with Crippen molar-refractivity contribution in [2.45, 2.75) is 22.9 Å². The molecule has 0 aromatic heterocycles. The fourth-order valence-corrected chi connectivity index (χ4v) is 6.95. The van der Waals surface area contributed by atoms with Crippen molar-refractivity contribution < 1.29 is 22.7 Å². The lowest BCUT2D eigenvalue weighted by Crippen LogP contribution is -2.57. The largest absolute Gasteiger partial charge is 0.467 e. The lowest BCUT2D eigenvalue weighted by molar-refractivity contribution is -0.160. The van der Waals surface area contributed by atoms with Crippen LogP contribution >= 0.6 is 11.8 Å². The summed E-state index contributed by atoms with van der Waals surface area (Å²) in [6.45, 7) is 0. The summed E-state index contributed by atoms with van der Waals surface area (Å²) in [5.41, 5.74) is 1.85. The van der Waals surface area contributed by atoms with E-state index >= 15 is 0 Å². The fourth-order valence-electron chi connectivity index (χ4n) is 4.16. The topological polar surface area (TPSA) is 97.0 Å². The minimum Gasteiger partial charge on any atom is -0.467 e. The monoisotopic (exact) mass is 497 g/mol. The number of methoxy groups -OCH3 is 1. The van der Waals surface area contributed by atoms with Gasteiger partial charge in [-0.25, -0.2) is 9.10 Å². The Morgan fingerprint density at radius 2 is 1.71 bits per heavy atom. The Morgan fingerprint density at radius 3 is 2.41 bits per heavy atom. The lowest BCUT2D eigenvalue weighted by Gasteiger charge is -2.32. The summed E-state index contributed by atoms with van der Waals surface area (Å²) < 4.78 is 42.6. The van der Waals surface area contributed by atoms with Gasteiger partial charge in [-0.3, -0.25) is 5.32 Å². The summed E-state index contributed by atoms with van der Waals surface area (Å²) in [5, 5.41) is 3.26. The first-order valence-corrected chi connectivity index (χ1v) is 13.0. The van der Waals surface area contributed by atoms with Crippen molar-refractivity contribution in [3.63, 3.8) is 0 Å². The molecule has 0 amide bonds. The highest BCUT2D eigenvalue weighted by molar-refractivity contribution is 8.01. The van der Waals surface area contributed by atoms with Crippen molar-refractivity contribution in [1.29, 1.82) is 0 Å². The number of nitrogens with zero attached hydrogens (tertiary/aromatic N) is 1. The van der Waals surface area contributed by atoms with E-state index in [1.165, 1.54) is 23.2 Å². The molecule has 1 fully saturated rings. The number of hydrogen-bond donors (Lipinski definition) is 2. The number of anilines is 1. The molecule has 0 aliphatic carbocycles. The van der Waals surface area contributed by atoms with Gasteiger partial charge in [0.25, 0.3) is 0 Å². The number of nitrogens with one attached hydrogen (secondary N) is 2. The third-order valence-electron chi connectivity index (χ3n) is 5.77. The van der Waals surface area contributed by atoms with Gasteiger partial charge in [0.2, 0.25) is 5.85 Å². The van der Waals surface area contributed by atoms with Crippen molar-refractivity contribution in [2.24, 2.45) is 0 Å². The fraction of sp³-hybridized carbons (Fsp3) is 0.208. The zero-order valence-electron chi connectivity index (χ0n) is 18.2. The van der Waals surface area contributed by atoms with E-state index in [1.54, 1.807) is 36.4 Å². The van der Waals surface area contributed by atoms with Crippen LogP contribution in [0.1, 0.15) is 17.2 Å². The second-order valence-corrected chi connectivity index (χ2v) is 10.4. The molecule has 3 aromatic carbocycles. The van der Waals surface area contributed by atoms with Crippen molar-refractivity contribution in [1.82, 2.24) is 10.0 Å². The third-order valence-corrected chi connectivity index (χ3v) is 8.43. The summed E-state index contributed by atoms with van der Waals surface area (Å²) in [4.78, 5) is 13.6. The molecule has 3 aromatic rings. The van der Waals surface area contributed by atoms with Gasteiger partial charge in [-0.05, 0) is 17.7 Å². The molecule has 2 aliphatic heterocycles. The Balaban J connectivity index is 1.57. The van der Waals surface area contributed by atoms with Crippen LogP contribution < -0.4 is 14.3 Å². The average Bonchev–Trinajstić information content (AvgIpc) is 3.48. The third kappa shape index (κ3) is 4.08. The first-order chi connectivity index (χ1) is 16.4. The maximum absolute atomic E-state index is 13.7. The molecular formula is C24H23N3O5S2. The highest BCUT2D eigenvalue weighted by atomic mass is 32.2. The molecular weight excluding hydrogens is 474 g/mol. The van der Waals surface area contributed by atoms with E-state index in [1.807, 2.05) is 48.5 Å². The smallest absolute Gasteiger partial charge is 0.337 e. The minimum atomic E-state index is -4.10. The van der Waals surface area contributed by atoms with E-state index in [4.69, 9.17) is 9.47 Å². The van der Waals surface area contributed by atoms with E-state index < -0.39 is 34.2 Å². The normalized spacial score (nSPS) is 24.1. The number of carbonyl (C=O) groups is 1. The zero-order valence-corrected chi connectivity index (χ0v) is 19.9. The summed E-state index contributed by atoms with van der Waals surface area (Å²) in [6.07, 6.45) is -1.09. The van der Waals surface area contributed by atoms with Gasteiger partial charge in [-0.1, -0.05) is 72.8 Å². The highest BCUT2D eigenvalue weighted by Crippen LogP contribution is 2.42. The molecule has 3 atom stereocenters. The van der Waals surface area contributed by atoms with Crippen LogP contribution in [-0.2, 0) is 30.3 Å². The molecule has 34 heavy (non-hydrogen) atoms. The van der Waals surface area contributed by atoms with Crippen LogP contribution in [0, 0.1) is 0 Å². The van der Waals surface area contributed by atoms with E-state index in [-0.39, 0.29) is 5.88 Å². The predicted octanol–water partition coefficient (Wildman–Crippen LogP) is 3.10.